The van der Waals surface area contributed by atoms with Gasteiger partial charge in [0.15, 0.2) is 0 Å². The average molecular weight is 951 g/mol. The fourth-order valence-electron chi connectivity index (χ4n) is 9.81. The molecule has 0 amide bonds. The van der Waals surface area contributed by atoms with E-state index in [1.807, 2.05) is 23.5 Å². The van der Waals surface area contributed by atoms with Crippen LogP contribution < -0.4 is 36.0 Å². The molecule has 0 aromatic heterocycles. The van der Waals surface area contributed by atoms with Crippen LogP contribution in [-0.4, -0.2) is 28.7 Å². The Morgan fingerprint density at radius 3 is 1.02 bits per heavy atom. The Labute approximate surface area is 399 Å². The molecule has 0 aliphatic heterocycles. The Hall–Kier alpha value is -2.11. The summed E-state index contributed by atoms with van der Waals surface area (Å²) in [7, 11) is -5.36. The molecular formula is C56H81NP2S2Si2. The van der Waals surface area contributed by atoms with Crippen LogP contribution in [0.3, 0.4) is 0 Å². The molecule has 5 aromatic rings. The molecule has 0 aliphatic rings. The van der Waals surface area contributed by atoms with Gasteiger partial charge in [0.1, 0.15) is 0 Å². The summed E-state index contributed by atoms with van der Waals surface area (Å²) in [6.45, 7) is 14.4. The molecule has 0 bridgehead atoms. The van der Waals surface area contributed by atoms with E-state index >= 15 is 0 Å². The van der Waals surface area contributed by atoms with Crippen molar-refractivity contribution in [1.82, 2.24) is 0 Å². The van der Waals surface area contributed by atoms with E-state index in [0.29, 0.717) is 0 Å². The maximum atomic E-state index is 2.94. The van der Waals surface area contributed by atoms with Crippen LogP contribution in [0.5, 0.6) is 0 Å². The van der Waals surface area contributed by atoms with Crippen LogP contribution in [0.2, 0.25) is 36.3 Å². The molecule has 0 saturated carbocycles. The Kier molecular flexibility index (Phi) is 22.7. The molecule has 340 valence electrons. The van der Waals surface area contributed by atoms with Crippen molar-refractivity contribution in [3.63, 3.8) is 0 Å². The fraction of sp³-hybridized carbons (Fsp3) is 0.464. The van der Waals surface area contributed by atoms with Gasteiger partial charge in [-0.3, -0.25) is 0 Å². The molecule has 5 aromatic carbocycles. The minimum atomic E-state index is -1.68. The fourth-order valence-corrected chi connectivity index (χ4v) is 29.0. The smallest absolute Gasteiger partial charge is 0.0867 e. The zero-order valence-corrected chi connectivity index (χ0v) is 45.9. The van der Waals surface area contributed by atoms with Gasteiger partial charge in [-0.15, -0.1) is 23.5 Å². The highest BCUT2D eigenvalue weighted by atomic mass is 32.2. The van der Waals surface area contributed by atoms with Crippen molar-refractivity contribution in [1.29, 1.82) is 0 Å². The first-order valence-corrected chi connectivity index (χ1v) is 35.1. The standard InChI is InChI=1S/C56H81NP2S2Si2/c1-9-15-42-62(43-16-10-2,44-17-11-3)51-38-34-49(35-39-51)58(50-36-40-52(41-37-50)63(45-18-12-4,46-19-13-5)47-20-14-6)57(48-28-22-21-23-29-48)59(53-30-24-26-32-55(53)60-7)54-31-25-27-33-56(54)61-8/h21-41H,9-20,42-47H2,1-8H3. The molecule has 0 N–H and O–H groups in total. The zero-order valence-electron chi connectivity index (χ0n) is 40.5. The lowest BCUT2D eigenvalue weighted by molar-refractivity contribution is 0.800. The summed E-state index contributed by atoms with van der Waals surface area (Å²) in [5.41, 5.74) is 1.31. The Morgan fingerprint density at radius 2 is 0.698 bits per heavy atom. The molecule has 63 heavy (non-hydrogen) atoms. The number of hydrogen-bond donors (Lipinski definition) is 0. The number of unbranched alkanes of at least 4 members (excludes halogenated alkanes) is 6. The van der Waals surface area contributed by atoms with Gasteiger partial charge in [-0.25, -0.2) is 0 Å². The lowest BCUT2D eigenvalue weighted by Gasteiger charge is -2.42. The summed E-state index contributed by atoms with van der Waals surface area (Å²) in [6, 6.07) is 59.8. The first-order chi connectivity index (χ1) is 30.9. The van der Waals surface area contributed by atoms with Gasteiger partial charge in [0.05, 0.1) is 32.3 Å². The molecular weight excluding hydrogens is 869 g/mol. The number of hydrogen-bond acceptors (Lipinski definition) is 3. The van der Waals surface area contributed by atoms with Crippen molar-refractivity contribution in [3.05, 3.63) is 127 Å². The van der Waals surface area contributed by atoms with Gasteiger partial charge in [0.2, 0.25) is 0 Å². The Balaban J connectivity index is 1.83. The summed E-state index contributed by atoms with van der Waals surface area (Å²) in [5, 5.41) is 9.25. The van der Waals surface area contributed by atoms with E-state index in [1.54, 1.807) is 10.4 Å². The summed E-state index contributed by atoms with van der Waals surface area (Å²) in [4.78, 5) is 2.75. The molecule has 5 rings (SSSR count). The number of nitrogens with zero attached hydrogens (tertiary/aromatic N) is 1. The third-order valence-corrected chi connectivity index (χ3v) is 31.9. The molecule has 0 heterocycles. The topological polar surface area (TPSA) is 3.24 Å². The Morgan fingerprint density at radius 1 is 0.381 bits per heavy atom. The van der Waals surface area contributed by atoms with Crippen LogP contribution in [-0.2, 0) is 0 Å². The van der Waals surface area contributed by atoms with Gasteiger partial charge >= 0.3 is 0 Å². The molecule has 0 saturated heterocycles. The molecule has 0 fully saturated rings. The molecule has 0 radical (unpaired) electrons. The predicted octanol–water partition coefficient (Wildman–Crippen LogP) is 16.1. The van der Waals surface area contributed by atoms with Crippen LogP contribution >= 0.6 is 39.7 Å². The molecule has 7 heteroatoms. The predicted molar refractivity (Wildman–Crippen MR) is 300 cm³/mol. The van der Waals surface area contributed by atoms with Crippen molar-refractivity contribution >= 4 is 93.1 Å². The van der Waals surface area contributed by atoms with Gasteiger partial charge < -0.3 is 4.44 Å². The monoisotopic (exact) mass is 949 g/mol. The SMILES string of the molecule is CCCC[Si](CCCC)(CCCC)c1ccc(P(c2ccc([Si](CCCC)(CCCC)CCCC)cc2)N(c2ccccc2)P(c2ccccc2SC)c2ccccc2SC)cc1. The molecule has 0 aliphatic carbocycles. The minimum Gasteiger partial charge on any atom is -0.313 e. The first-order valence-electron chi connectivity index (χ1n) is 24.8. The molecule has 0 spiro atoms. The largest absolute Gasteiger partial charge is 0.313 e. The summed E-state index contributed by atoms with van der Waals surface area (Å²) >= 11 is 3.79. The van der Waals surface area contributed by atoms with Gasteiger partial charge in [-0.05, 0) is 36.8 Å². The second kappa shape index (κ2) is 27.5. The van der Waals surface area contributed by atoms with Crippen molar-refractivity contribution in [2.24, 2.45) is 0 Å². The van der Waals surface area contributed by atoms with Crippen LogP contribution in [0.25, 0.3) is 0 Å². The maximum Gasteiger partial charge on any atom is 0.0867 e. The molecule has 1 nitrogen and oxygen atoms in total. The van der Waals surface area contributed by atoms with Gasteiger partial charge in [-0.2, -0.15) is 0 Å². The van der Waals surface area contributed by atoms with E-state index in [2.05, 4.69) is 186 Å². The maximum absolute atomic E-state index is 2.94. The average Bonchev–Trinajstić information content (AvgIpc) is 3.34. The van der Waals surface area contributed by atoms with Crippen molar-refractivity contribution < 1.29 is 0 Å². The van der Waals surface area contributed by atoms with Crippen molar-refractivity contribution in [2.75, 3.05) is 17.0 Å². The van der Waals surface area contributed by atoms with E-state index < -0.39 is 32.3 Å². The third kappa shape index (κ3) is 13.5. The van der Waals surface area contributed by atoms with E-state index in [0.717, 1.165) is 0 Å². The minimum absolute atomic E-state index is 1.000. The summed E-state index contributed by atoms with van der Waals surface area (Å²) < 4.78 is 2.94. The second-order valence-corrected chi connectivity index (χ2v) is 33.2. The van der Waals surface area contributed by atoms with Crippen LogP contribution in [0, 0.1) is 0 Å². The van der Waals surface area contributed by atoms with E-state index in [1.165, 1.54) is 150 Å². The highest BCUT2D eigenvalue weighted by Gasteiger charge is 2.38. The second-order valence-electron chi connectivity index (χ2n) is 17.9. The van der Waals surface area contributed by atoms with E-state index in [9.17, 15) is 0 Å². The van der Waals surface area contributed by atoms with Crippen LogP contribution in [0.15, 0.2) is 137 Å². The number of thioether (sulfide) groups is 2. The lowest BCUT2D eigenvalue weighted by Crippen LogP contribution is -2.48. The highest BCUT2D eigenvalue weighted by molar-refractivity contribution is 8.01. The number of para-hydroxylation sites is 1. The third-order valence-electron chi connectivity index (χ3n) is 13.5. The van der Waals surface area contributed by atoms with E-state index in [-0.39, 0.29) is 0 Å². The quantitative estimate of drug-likeness (QED) is 0.0267. The van der Waals surface area contributed by atoms with Gasteiger partial charge in [0, 0.05) is 36.7 Å². The first kappa shape index (κ1) is 51.9. The number of anilines is 1. The van der Waals surface area contributed by atoms with Crippen LogP contribution in [0.4, 0.5) is 5.69 Å². The van der Waals surface area contributed by atoms with Crippen LogP contribution in [0.1, 0.15) is 119 Å². The van der Waals surface area contributed by atoms with Gasteiger partial charge in [0.25, 0.3) is 0 Å². The lowest BCUT2D eigenvalue weighted by atomic mass is 10.3. The normalized spacial score (nSPS) is 12.1. The highest BCUT2D eigenvalue weighted by Crippen LogP contribution is 2.58. The van der Waals surface area contributed by atoms with E-state index in [4.69, 9.17) is 0 Å². The van der Waals surface area contributed by atoms with Crippen molar-refractivity contribution in [3.8, 4) is 0 Å². The number of rotatable bonds is 29. The number of benzene rings is 5. The van der Waals surface area contributed by atoms with Crippen molar-refractivity contribution in [2.45, 2.75) is 165 Å². The zero-order chi connectivity index (χ0) is 44.9. The summed E-state index contributed by atoms with van der Waals surface area (Å²) in [6.07, 6.45) is 20.4. The molecule has 0 unspecified atom stereocenters. The molecule has 0 atom stereocenters. The summed E-state index contributed by atoms with van der Waals surface area (Å²) in [5.74, 6) is 0. The Bertz CT molecular complexity index is 1860. The van der Waals surface area contributed by atoms with Gasteiger partial charge in [-0.1, -0.05) is 268 Å².